The van der Waals surface area contributed by atoms with Crippen LogP contribution in [0, 0.1) is 19.7 Å². The fourth-order valence-electron chi connectivity index (χ4n) is 2.28. The number of methoxy groups -OCH3 is 1. The molecule has 1 atom stereocenters. The summed E-state index contributed by atoms with van der Waals surface area (Å²) in [6.07, 6.45) is -0.497. The maximum Gasteiger partial charge on any atom is 0.170 e. The van der Waals surface area contributed by atoms with Crippen LogP contribution in [0.15, 0.2) is 36.4 Å². The highest BCUT2D eigenvalue weighted by Crippen LogP contribution is 2.28. The molecule has 0 aromatic heterocycles. The molecule has 0 aliphatic heterocycles. The Kier molecular flexibility index (Phi) is 4.40. The Morgan fingerprint density at radius 3 is 2.65 bits per heavy atom. The number of aliphatic hydroxyl groups excluding tert-OH is 1. The molecule has 106 valence electrons. The minimum absolute atomic E-state index is 0.155. The minimum Gasteiger partial charge on any atom is -0.494 e. The molecule has 0 spiro atoms. The van der Waals surface area contributed by atoms with Gasteiger partial charge >= 0.3 is 0 Å². The largest absolute Gasteiger partial charge is 0.494 e. The second kappa shape index (κ2) is 6.06. The van der Waals surface area contributed by atoms with Gasteiger partial charge in [0, 0.05) is 12.0 Å². The van der Waals surface area contributed by atoms with E-state index in [-0.39, 0.29) is 11.3 Å². The molecule has 0 saturated heterocycles. The first-order valence-electron chi connectivity index (χ1n) is 6.59. The second-order valence-electron chi connectivity index (χ2n) is 5.01. The molecule has 1 unspecified atom stereocenters. The van der Waals surface area contributed by atoms with Gasteiger partial charge in [0.2, 0.25) is 0 Å². The predicted molar refractivity (Wildman–Crippen MR) is 77.5 cm³/mol. The maximum atomic E-state index is 14.1. The van der Waals surface area contributed by atoms with Crippen LogP contribution in [0.1, 0.15) is 28.4 Å². The average molecular weight is 274 g/mol. The lowest BCUT2D eigenvalue weighted by Gasteiger charge is -2.15. The van der Waals surface area contributed by atoms with E-state index in [4.69, 9.17) is 4.74 Å². The summed E-state index contributed by atoms with van der Waals surface area (Å²) in [7, 11) is 1.42. The molecule has 0 aliphatic rings. The van der Waals surface area contributed by atoms with Gasteiger partial charge in [-0.25, -0.2) is 4.39 Å². The van der Waals surface area contributed by atoms with Crippen molar-refractivity contribution in [2.45, 2.75) is 26.4 Å². The van der Waals surface area contributed by atoms with Crippen LogP contribution in [0.3, 0.4) is 0 Å². The molecule has 2 rings (SSSR count). The van der Waals surface area contributed by atoms with Crippen molar-refractivity contribution in [3.8, 4) is 5.75 Å². The maximum absolute atomic E-state index is 14.1. The Morgan fingerprint density at radius 2 is 1.95 bits per heavy atom. The van der Waals surface area contributed by atoms with Crippen molar-refractivity contribution < 1.29 is 14.2 Å². The molecule has 2 aromatic carbocycles. The van der Waals surface area contributed by atoms with Gasteiger partial charge in [0.05, 0.1) is 13.2 Å². The van der Waals surface area contributed by atoms with Crippen LogP contribution >= 0.6 is 0 Å². The highest BCUT2D eigenvalue weighted by Gasteiger charge is 2.17. The topological polar surface area (TPSA) is 29.5 Å². The summed E-state index contributed by atoms with van der Waals surface area (Å²) >= 11 is 0. The van der Waals surface area contributed by atoms with E-state index in [2.05, 4.69) is 0 Å². The number of aliphatic hydroxyl groups is 1. The van der Waals surface area contributed by atoms with Gasteiger partial charge in [-0.3, -0.25) is 0 Å². The van der Waals surface area contributed by atoms with Gasteiger partial charge in [-0.05, 0) is 31.0 Å². The Morgan fingerprint density at radius 1 is 1.20 bits per heavy atom. The van der Waals surface area contributed by atoms with Crippen LogP contribution in [0.4, 0.5) is 4.39 Å². The van der Waals surface area contributed by atoms with Crippen molar-refractivity contribution in [3.63, 3.8) is 0 Å². The van der Waals surface area contributed by atoms with Gasteiger partial charge in [-0.2, -0.15) is 0 Å². The van der Waals surface area contributed by atoms with Crippen molar-refractivity contribution in [1.82, 2.24) is 0 Å². The van der Waals surface area contributed by atoms with Crippen molar-refractivity contribution in [3.05, 3.63) is 64.5 Å². The van der Waals surface area contributed by atoms with E-state index in [0.717, 1.165) is 16.7 Å². The number of hydrogen-bond acceptors (Lipinski definition) is 2. The Hall–Kier alpha value is -1.87. The summed E-state index contributed by atoms with van der Waals surface area (Å²) in [5, 5.41) is 10.3. The number of benzene rings is 2. The first-order valence-corrected chi connectivity index (χ1v) is 6.59. The molecule has 1 N–H and O–H groups in total. The van der Waals surface area contributed by atoms with E-state index >= 15 is 0 Å². The Labute approximate surface area is 118 Å². The highest BCUT2D eigenvalue weighted by molar-refractivity contribution is 5.35. The summed E-state index contributed by atoms with van der Waals surface area (Å²) in [5.41, 5.74) is 3.52. The van der Waals surface area contributed by atoms with E-state index in [1.807, 2.05) is 32.0 Å². The Balaban J connectivity index is 2.28. The zero-order valence-corrected chi connectivity index (χ0v) is 12.0. The highest BCUT2D eigenvalue weighted by atomic mass is 19.1. The molecule has 3 heteroatoms. The van der Waals surface area contributed by atoms with Gasteiger partial charge in [-0.15, -0.1) is 0 Å². The first-order chi connectivity index (χ1) is 9.52. The number of aryl methyl sites for hydroxylation is 2. The van der Waals surface area contributed by atoms with Gasteiger partial charge in [0.1, 0.15) is 0 Å². The zero-order chi connectivity index (χ0) is 14.7. The lowest BCUT2D eigenvalue weighted by molar-refractivity contribution is 0.172. The molecule has 0 bridgehead atoms. The molecule has 2 nitrogen and oxygen atoms in total. The molecule has 0 aliphatic carbocycles. The number of ether oxygens (including phenoxy) is 1. The fourth-order valence-corrected chi connectivity index (χ4v) is 2.28. The lowest BCUT2D eigenvalue weighted by atomic mass is 9.96. The number of rotatable bonds is 4. The predicted octanol–water partition coefficient (Wildman–Crippen LogP) is 3.73. The summed E-state index contributed by atoms with van der Waals surface area (Å²) in [5.74, 6) is -0.338. The third-order valence-corrected chi connectivity index (χ3v) is 3.49. The van der Waals surface area contributed by atoms with Crippen LogP contribution in [0.25, 0.3) is 0 Å². The van der Waals surface area contributed by atoms with Crippen molar-refractivity contribution in [2.24, 2.45) is 0 Å². The van der Waals surface area contributed by atoms with Crippen molar-refractivity contribution >= 4 is 0 Å². The second-order valence-corrected chi connectivity index (χ2v) is 5.01. The summed E-state index contributed by atoms with van der Waals surface area (Å²) < 4.78 is 19.1. The standard InChI is InChI=1S/C17H19FO2/c1-11-7-8-12(2)13(9-11)10-15(19)14-5-4-6-16(20-3)17(14)18/h4-9,15,19H,10H2,1-3H3. The normalized spacial score (nSPS) is 12.2. The lowest BCUT2D eigenvalue weighted by Crippen LogP contribution is -2.06. The third kappa shape index (κ3) is 2.99. The SMILES string of the molecule is COc1cccc(C(O)Cc2cc(C)ccc2C)c1F. The number of hydrogen-bond donors (Lipinski definition) is 1. The Bertz CT molecular complexity index is 608. The van der Waals surface area contributed by atoms with E-state index in [0.29, 0.717) is 6.42 Å². The first kappa shape index (κ1) is 14.5. The molecule has 0 heterocycles. The smallest absolute Gasteiger partial charge is 0.170 e. The molecule has 20 heavy (non-hydrogen) atoms. The monoisotopic (exact) mass is 274 g/mol. The number of halogens is 1. The molecule has 0 amide bonds. The minimum atomic E-state index is -0.884. The van der Waals surface area contributed by atoms with Crippen LogP contribution in [-0.2, 0) is 6.42 Å². The zero-order valence-electron chi connectivity index (χ0n) is 12.0. The fraction of sp³-hybridized carbons (Fsp3) is 0.294. The van der Waals surface area contributed by atoms with Crippen LogP contribution in [-0.4, -0.2) is 12.2 Å². The van der Waals surface area contributed by atoms with E-state index in [1.54, 1.807) is 18.2 Å². The third-order valence-electron chi connectivity index (χ3n) is 3.49. The van der Waals surface area contributed by atoms with Gasteiger partial charge in [0.15, 0.2) is 11.6 Å². The molecular formula is C17H19FO2. The van der Waals surface area contributed by atoms with Crippen LogP contribution in [0.5, 0.6) is 5.75 Å². The van der Waals surface area contributed by atoms with Crippen molar-refractivity contribution in [2.75, 3.05) is 7.11 Å². The van der Waals surface area contributed by atoms with E-state index in [9.17, 15) is 9.50 Å². The molecule has 2 aromatic rings. The van der Waals surface area contributed by atoms with Crippen molar-refractivity contribution in [1.29, 1.82) is 0 Å². The van der Waals surface area contributed by atoms with Gasteiger partial charge < -0.3 is 9.84 Å². The van der Waals surface area contributed by atoms with E-state index in [1.165, 1.54) is 7.11 Å². The average Bonchev–Trinajstić information content (AvgIpc) is 2.43. The van der Waals surface area contributed by atoms with Crippen LogP contribution < -0.4 is 4.74 Å². The summed E-state index contributed by atoms with van der Waals surface area (Å²) in [4.78, 5) is 0. The van der Waals surface area contributed by atoms with E-state index < -0.39 is 11.9 Å². The van der Waals surface area contributed by atoms with Gasteiger partial charge in [0.25, 0.3) is 0 Å². The van der Waals surface area contributed by atoms with Crippen LogP contribution in [0.2, 0.25) is 0 Å². The summed E-state index contributed by atoms with van der Waals surface area (Å²) in [6.45, 7) is 3.99. The molecule has 0 fully saturated rings. The quantitative estimate of drug-likeness (QED) is 0.920. The molecule has 0 saturated carbocycles. The molecule has 0 radical (unpaired) electrons. The summed E-state index contributed by atoms with van der Waals surface area (Å²) in [6, 6.07) is 10.9. The molecular weight excluding hydrogens is 255 g/mol. The van der Waals surface area contributed by atoms with Gasteiger partial charge in [-0.1, -0.05) is 35.9 Å².